The first-order valence-electron chi connectivity index (χ1n) is 10.7. The zero-order valence-corrected chi connectivity index (χ0v) is 18.5. The van der Waals surface area contributed by atoms with Crippen LogP contribution >= 0.6 is 15.9 Å². The number of hydrogen-bond acceptors (Lipinski definition) is 3. The predicted molar refractivity (Wildman–Crippen MR) is 120 cm³/mol. The third-order valence-corrected chi connectivity index (χ3v) is 7.98. The highest BCUT2D eigenvalue weighted by atomic mass is 79.9. The first-order valence-corrected chi connectivity index (χ1v) is 11.5. The highest BCUT2D eigenvalue weighted by Crippen LogP contribution is 2.65. The Morgan fingerprint density at radius 1 is 0.968 bits per heavy atom. The van der Waals surface area contributed by atoms with Crippen molar-refractivity contribution in [3.05, 3.63) is 70.2 Å². The van der Waals surface area contributed by atoms with Crippen LogP contribution in [0.5, 0.6) is 0 Å². The molecule has 4 aliphatic carbocycles. The van der Waals surface area contributed by atoms with E-state index >= 15 is 0 Å². The highest BCUT2D eigenvalue weighted by Gasteiger charge is 2.67. The summed E-state index contributed by atoms with van der Waals surface area (Å²) < 4.78 is 0.953. The van der Waals surface area contributed by atoms with Crippen LogP contribution in [0.4, 0.5) is 11.4 Å². The van der Waals surface area contributed by atoms with Gasteiger partial charge in [0.15, 0.2) is 0 Å². The molecule has 1 aliphatic heterocycles. The van der Waals surface area contributed by atoms with E-state index in [1.807, 2.05) is 25.1 Å². The van der Waals surface area contributed by atoms with Crippen molar-refractivity contribution in [1.29, 1.82) is 0 Å². The highest BCUT2D eigenvalue weighted by molar-refractivity contribution is 9.10. The Morgan fingerprint density at radius 3 is 2.16 bits per heavy atom. The van der Waals surface area contributed by atoms with E-state index in [4.69, 9.17) is 0 Å². The topological polar surface area (TPSA) is 66.5 Å². The molecule has 2 aromatic rings. The molecule has 156 valence electrons. The van der Waals surface area contributed by atoms with Gasteiger partial charge in [0.25, 0.3) is 5.91 Å². The maximum Gasteiger partial charge on any atom is 0.255 e. The third-order valence-electron chi connectivity index (χ3n) is 7.49. The molecular formula is C25H21BrN2O3. The first-order chi connectivity index (χ1) is 14.9. The van der Waals surface area contributed by atoms with Crippen LogP contribution in [0, 0.1) is 42.4 Å². The lowest BCUT2D eigenvalue weighted by molar-refractivity contribution is -0.124. The summed E-state index contributed by atoms with van der Waals surface area (Å²) in [5.74, 6) is 0.768. The smallest absolute Gasteiger partial charge is 0.255 e. The minimum absolute atomic E-state index is 0.0811. The van der Waals surface area contributed by atoms with Crippen molar-refractivity contribution in [1.82, 2.24) is 0 Å². The molecule has 0 radical (unpaired) electrons. The molecule has 1 N–H and O–H groups in total. The van der Waals surface area contributed by atoms with Crippen LogP contribution < -0.4 is 10.2 Å². The van der Waals surface area contributed by atoms with Crippen molar-refractivity contribution in [2.24, 2.45) is 35.5 Å². The van der Waals surface area contributed by atoms with E-state index in [1.165, 1.54) is 4.90 Å². The van der Waals surface area contributed by atoms with Gasteiger partial charge in [-0.15, -0.1) is 0 Å². The van der Waals surface area contributed by atoms with E-state index in [2.05, 4.69) is 33.4 Å². The Balaban J connectivity index is 1.23. The molecular weight excluding hydrogens is 456 g/mol. The lowest BCUT2D eigenvalue weighted by Crippen LogP contribution is -2.40. The molecule has 2 bridgehead atoms. The second kappa shape index (κ2) is 6.63. The molecule has 3 fully saturated rings. The van der Waals surface area contributed by atoms with Gasteiger partial charge < -0.3 is 5.32 Å². The van der Waals surface area contributed by atoms with Gasteiger partial charge >= 0.3 is 0 Å². The molecule has 6 atom stereocenters. The number of nitrogens with one attached hydrogen (secondary N) is 1. The maximum absolute atomic E-state index is 13.2. The molecule has 0 aromatic heterocycles. The number of nitrogens with zero attached hydrogens (tertiary/aromatic N) is 1. The van der Waals surface area contributed by atoms with Gasteiger partial charge in [0, 0.05) is 15.7 Å². The van der Waals surface area contributed by atoms with E-state index in [-0.39, 0.29) is 41.4 Å². The van der Waals surface area contributed by atoms with Crippen molar-refractivity contribution >= 4 is 45.0 Å². The number of carbonyl (C=O) groups excluding carboxylic acids is 3. The van der Waals surface area contributed by atoms with Crippen molar-refractivity contribution in [2.75, 3.05) is 10.2 Å². The SMILES string of the molecule is Cc1cc(Br)ccc1NC(=O)c1ccc(N2C(=O)[C@@H]3[C@H]4C=C[C@@H]([C@@H]5C[C@@H]45)[C@@H]3C2=O)cc1. The molecule has 0 spiro atoms. The maximum atomic E-state index is 13.2. The summed E-state index contributed by atoms with van der Waals surface area (Å²) >= 11 is 3.42. The average molecular weight is 477 g/mol. The fourth-order valence-electron chi connectivity index (χ4n) is 5.94. The van der Waals surface area contributed by atoms with E-state index in [9.17, 15) is 14.4 Å². The first kappa shape index (κ1) is 19.0. The summed E-state index contributed by atoms with van der Waals surface area (Å²) in [5, 5.41) is 2.91. The molecule has 2 saturated carbocycles. The summed E-state index contributed by atoms with van der Waals surface area (Å²) in [5.41, 5.74) is 2.73. The fraction of sp³-hybridized carbons (Fsp3) is 0.320. The zero-order valence-electron chi connectivity index (χ0n) is 16.9. The predicted octanol–water partition coefficient (Wildman–Crippen LogP) is 4.57. The molecule has 31 heavy (non-hydrogen) atoms. The normalized spacial score (nSPS) is 32.1. The lowest BCUT2D eigenvalue weighted by Gasteiger charge is -2.37. The van der Waals surface area contributed by atoms with Gasteiger partial charge in [-0.2, -0.15) is 0 Å². The lowest BCUT2D eigenvalue weighted by atomic mass is 9.63. The van der Waals surface area contributed by atoms with Gasteiger partial charge in [0.1, 0.15) is 0 Å². The Morgan fingerprint density at radius 2 is 1.58 bits per heavy atom. The number of anilines is 2. The molecule has 5 nitrogen and oxygen atoms in total. The Hall–Kier alpha value is -2.73. The minimum Gasteiger partial charge on any atom is -0.322 e. The van der Waals surface area contributed by atoms with Gasteiger partial charge in [-0.3, -0.25) is 19.3 Å². The van der Waals surface area contributed by atoms with Crippen LogP contribution in [0.15, 0.2) is 59.1 Å². The number of allylic oxidation sites excluding steroid dienone is 2. The fourth-order valence-corrected chi connectivity index (χ4v) is 6.41. The van der Waals surface area contributed by atoms with E-state index in [0.717, 1.165) is 22.1 Å². The number of rotatable bonds is 3. The van der Waals surface area contributed by atoms with Gasteiger partial charge in [-0.25, -0.2) is 0 Å². The number of hydrogen-bond donors (Lipinski definition) is 1. The second-order valence-corrected chi connectivity index (χ2v) is 10.0. The molecule has 1 saturated heterocycles. The number of imide groups is 1. The van der Waals surface area contributed by atoms with Gasteiger partial charge in [-0.05, 0) is 85.0 Å². The van der Waals surface area contributed by atoms with Crippen LogP contribution in [0.25, 0.3) is 0 Å². The molecule has 7 rings (SSSR count). The van der Waals surface area contributed by atoms with E-state index in [0.29, 0.717) is 23.1 Å². The summed E-state index contributed by atoms with van der Waals surface area (Å²) in [4.78, 5) is 40.5. The summed E-state index contributed by atoms with van der Waals surface area (Å²) in [6, 6.07) is 12.4. The standard InChI is InChI=1S/C25H21BrN2O3/c1-12-10-14(26)4-9-20(12)27-23(29)13-2-5-15(6-3-13)28-24(30)21-16-7-8-17(19-11-18(16)19)22(21)25(28)31/h2-10,16-19,21-22H,11H2,1H3,(H,27,29)/t16-,17-,18-,19-,21-,22+/m0/s1. The molecule has 1 heterocycles. The van der Waals surface area contributed by atoms with Crippen LogP contribution in [0.1, 0.15) is 22.3 Å². The van der Waals surface area contributed by atoms with Crippen molar-refractivity contribution < 1.29 is 14.4 Å². The monoisotopic (exact) mass is 476 g/mol. The number of benzene rings is 2. The van der Waals surface area contributed by atoms with Crippen molar-refractivity contribution in [3.8, 4) is 0 Å². The minimum atomic E-state index is -0.230. The van der Waals surface area contributed by atoms with Crippen LogP contribution in [0.2, 0.25) is 0 Å². The molecule has 6 heteroatoms. The zero-order chi connectivity index (χ0) is 21.4. The number of aryl methyl sites for hydroxylation is 1. The van der Waals surface area contributed by atoms with Crippen LogP contribution in [-0.2, 0) is 9.59 Å². The number of amides is 3. The Kier molecular flexibility index (Phi) is 4.06. The Labute approximate surface area is 188 Å². The van der Waals surface area contributed by atoms with Crippen molar-refractivity contribution in [2.45, 2.75) is 13.3 Å². The van der Waals surface area contributed by atoms with E-state index < -0.39 is 0 Å². The number of halogens is 1. The quantitative estimate of drug-likeness (QED) is 0.521. The van der Waals surface area contributed by atoms with Gasteiger partial charge in [0.2, 0.25) is 11.8 Å². The molecule has 5 aliphatic rings. The summed E-state index contributed by atoms with van der Waals surface area (Å²) in [6.07, 6.45) is 5.50. The van der Waals surface area contributed by atoms with E-state index in [1.54, 1.807) is 24.3 Å². The van der Waals surface area contributed by atoms with Gasteiger partial charge in [-0.1, -0.05) is 28.1 Å². The Bertz CT molecular complexity index is 1140. The largest absolute Gasteiger partial charge is 0.322 e. The van der Waals surface area contributed by atoms with Crippen molar-refractivity contribution in [3.63, 3.8) is 0 Å². The van der Waals surface area contributed by atoms with Crippen LogP contribution in [-0.4, -0.2) is 17.7 Å². The van der Waals surface area contributed by atoms with Gasteiger partial charge in [0.05, 0.1) is 17.5 Å². The second-order valence-electron chi connectivity index (χ2n) is 9.13. The summed E-state index contributed by atoms with van der Waals surface area (Å²) in [6.45, 7) is 1.93. The van der Waals surface area contributed by atoms with Crippen LogP contribution in [0.3, 0.4) is 0 Å². The molecule has 2 aromatic carbocycles. The summed E-state index contributed by atoms with van der Waals surface area (Å²) in [7, 11) is 0. The molecule has 3 amide bonds. The number of carbonyl (C=O) groups is 3. The third kappa shape index (κ3) is 2.77. The average Bonchev–Trinajstić information content (AvgIpc) is 3.54. The molecule has 0 unspecified atom stereocenters.